The molecule has 0 aliphatic carbocycles. The first-order chi connectivity index (χ1) is 6.05. The highest BCUT2D eigenvalue weighted by Gasteiger charge is 2.47. The van der Waals surface area contributed by atoms with Crippen molar-refractivity contribution in [3.63, 3.8) is 0 Å². The van der Waals surface area contributed by atoms with Crippen molar-refractivity contribution in [1.29, 1.82) is 0 Å². The van der Waals surface area contributed by atoms with Crippen LogP contribution in [-0.4, -0.2) is 69.3 Å². The lowest BCUT2D eigenvalue weighted by Crippen LogP contribution is -2.63. The highest BCUT2D eigenvalue weighted by atomic mass is 16.5. The first-order valence-corrected chi connectivity index (χ1v) is 3.97. The lowest BCUT2D eigenvalue weighted by atomic mass is 9.89. The third-order valence-corrected chi connectivity index (χ3v) is 2.26. The summed E-state index contributed by atoms with van der Waals surface area (Å²) in [6, 6.07) is 0. The molecule has 0 radical (unpaired) electrons. The van der Waals surface area contributed by atoms with Gasteiger partial charge in [-0.25, -0.2) is 0 Å². The van der Waals surface area contributed by atoms with E-state index in [2.05, 4.69) is 0 Å². The Kier molecular flexibility index (Phi) is 3.23. The summed E-state index contributed by atoms with van der Waals surface area (Å²) in [6.07, 6.45) is -3.82. The molecule has 0 amide bonds. The molecule has 1 fully saturated rings. The van der Waals surface area contributed by atoms with Gasteiger partial charge in [0.25, 0.3) is 0 Å². The van der Waals surface area contributed by atoms with Crippen molar-refractivity contribution in [3.05, 3.63) is 0 Å². The molecular weight excluding hydrogens is 180 g/mol. The van der Waals surface area contributed by atoms with Crippen molar-refractivity contribution >= 4 is 0 Å². The van der Waals surface area contributed by atoms with Crippen LogP contribution in [0.3, 0.4) is 0 Å². The highest BCUT2D eigenvalue weighted by molar-refractivity contribution is 4.97. The number of hydrogen-bond donors (Lipinski definition) is 5. The molecule has 6 nitrogen and oxygen atoms in total. The number of hydrogen-bond acceptors (Lipinski definition) is 6. The Morgan fingerprint density at radius 2 is 1.92 bits per heavy atom. The van der Waals surface area contributed by atoms with Crippen LogP contribution >= 0.6 is 0 Å². The van der Waals surface area contributed by atoms with Gasteiger partial charge in [0.05, 0.1) is 19.8 Å². The molecule has 78 valence electrons. The summed E-state index contributed by atoms with van der Waals surface area (Å²) >= 11 is 0. The molecule has 6 heteroatoms. The third-order valence-electron chi connectivity index (χ3n) is 2.26. The Morgan fingerprint density at radius 3 is 2.38 bits per heavy atom. The van der Waals surface area contributed by atoms with Crippen molar-refractivity contribution in [2.24, 2.45) is 0 Å². The zero-order chi connectivity index (χ0) is 10.1. The Morgan fingerprint density at radius 1 is 1.31 bits per heavy atom. The van der Waals surface area contributed by atoms with Gasteiger partial charge in [-0.3, -0.25) is 0 Å². The molecule has 4 atom stereocenters. The maximum absolute atomic E-state index is 9.47. The Hall–Kier alpha value is -0.240. The van der Waals surface area contributed by atoms with Crippen LogP contribution in [0, 0.1) is 0 Å². The van der Waals surface area contributed by atoms with E-state index in [1.165, 1.54) is 0 Å². The van der Waals surface area contributed by atoms with E-state index in [1.54, 1.807) is 0 Å². The molecule has 0 spiro atoms. The summed E-state index contributed by atoms with van der Waals surface area (Å²) in [5, 5.41) is 45.5. The molecule has 5 N–H and O–H groups in total. The van der Waals surface area contributed by atoms with Gasteiger partial charge >= 0.3 is 0 Å². The minimum Gasteiger partial charge on any atom is -0.394 e. The molecule has 13 heavy (non-hydrogen) atoms. The van der Waals surface area contributed by atoms with Crippen LogP contribution in [0.5, 0.6) is 0 Å². The number of aliphatic hydroxyl groups is 5. The monoisotopic (exact) mass is 194 g/mol. The largest absolute Gasteiger partial charge is 0.394 e. The lowest BCUT2D eigenvalue weighted by Gasteiger charge is -2.41. The van der Waals surface area contributed by atoms with E-state index in [9.17, 15) is 15.3 Å². The average molecular weight is 194 g/mol. The molecular formula is C7H14O6. The standard InChI is InChI=1S/C7H14O6/c8-1-4-5(10)6(11)7(12,2-9)3-13-4/h4-6,8-12H,1-3H2/t4-,5-,6+,7+/m0/s1. The zero-order valence-electron chi connectivity index (χ0n) is 7.00. The molecule has 1 saturated heterocycles. The van der Waals surface area contributed by atoms with Crippen LogP contribution in [0.25, 0.3) is 0 Å². The second kappa shape index (κ2) is 3.87. The van der Waals surface area contributed by atoms with E-state index < -0.39 is 37.1 Å². The molecule has 1 rings (SSSR count). The van der Waals surface area contributed by atoms with E-state index in [-0.39, 0.29) is 6.61 Å². The lowest BCUT2D eigenvalue weighted by molar-refractivity contribution is -0.249. The average Bonchev–Trinajstić information content (AvgIpc) is 2.15. The molecule has 0 unspecified atom stereocenters. The molecule has 0 bridgehead atoms. The SMILES string of the molecule is OC[C@@H]1OC[C@](O)(CO)[C@H](O)[C@H]1O. The van der Waals surface area contributed by atoms with Gasteiger partial charge in [0.15, 0.2) is 0 Å². The maximum Gasteiger partial charge on any atom is 0.139 e. The molecule has 0 aromatic heterocycles. The van der Waals surface area contributed by atoms with Crippen molar-refractivity contribution in [1.82, 2.24) is 0 Å². The first-order valence-electron chi connectivity index (χ1n) is 3.97. The topological polar surface area (TPSA) is 110 Å². The van der Waals surface area contributed by atoms with E-state index in [0.717, 1.165) is 0 Å². The minimum absolute atomic E-state index is 0.313. The van der Waals surface area contributed by atoms with Gasteiger partial charge in [0.1, 0.15) is 23.9 Å². The predicted octanol–water partition coefficient (Wildman–Crippen LogP) is -3.18. The Labute approximate surface area is 75.0 Å². The van der Waals surface area contributed by atoms with Crippen LogP contribution in [-0.2, 0) is 4.74 Å². The zero-order valence-corrected chi connectivity index (χ0v) is 7.00. The second-order valence-electron chi connectivity index (χ2n) is 3.23. The van der Waals surface area contributed by atoms with Gasteiger partial charge in [-0.1, -0.05) is 0 Å². The molecule has 0 aromatic rings. The summed E-state index contributed by atoms with van der Waals surface area (Å²) in [7, 11) is 0. The van der Waals surface area contributed by atoms with Crippen molar-refractivity contribution in [3.8, 4) is 0 Å². The van der Waals surface area contributed by atoms with Gasteiger partial charge in [0.2, 0.25) is 0 Å². The van der Waals surface area contributed by atoms with Gasteiger partial charge in [-0.15, -0.1) is 0 Å². The molecule has 0 aromatic carbocycles. The third kappa shape index (κ3) is 1.83. The Bertz CT molecular complexity index is 174. The summed E-state index contributed by atoms with van der Waals surface area (Å²) in [5.74, 6) is 0. The quantitative estimate of drug-likeness (QED) is 0.317. The van der Waals surface area contributed by atoms with E-state index in [0.29, 0.717) is 0 Å². The smallest absolute Gasteiger partial charge is 0.139 e. The second-order valence-corrected chi connectivity index (χ2v) is 3.23. The van der Waals surface area contributed by atoms with Crippen molar-refractivity contribution in [2.45, 2.75) is 23.9 Å². The fraction of sp³-hybridized carbons (Fsp3) is 1.00. The normalized spacial score (nSPS) is 46.4. The fourth-order valence-corrected chi connectivity index (χ4v) is 1.26. The summed E-state index contributed by atoms with van der Waals surface area (Å²) in [6.45, 7) is -1.46. The number of rotatable bonds is 2. The maximum atomic E-state index is 9.47. The number of aliphatic hydroxyl groups excluding tert-OH is 4. The van der Waals surface area contributed by atoms with Crippen LogP contribution in [0.4, 0.5) is 0 Å². The van der Waals surface area contributed by atoms with Gasteiger partial charge in [-0.05, 0) is 0 Å². The van der Waals surface area contributed by atoms with Crippen LogP contribution < -0.4 is 0 Å². The Balaban J connectivity index is 2.69. The molecule has 1 aliphatic heterocycles. The fourth-order valence-electron chi connectivity index (χ4n) is 1.26. The van der Waals surface area contributed by atoms with E-state index >= 15 is 0 Å². The van der Waals surface area contributed by atoms with E-state index in [1.807, 2.05) is 0 Å². The van der Waals surface area contributed by atoms with E-state index in [4.69, 9.17) is 14.9 Å². The summed E-state index contributed by atoms with van der Waals surface area (Å²) in [4.78, 5) is 0. The van der Waals surface area contributed by atoms with Crippen molar-refractivity contribution < 1.29 is 30.3 Å². The molecule has 1 aliphatic rings. The van der Waals surface area contributed by atoms with Gasteiger partial charge in [-0.2, -0.15) is 0 Å². The minimum atomic E-state index is -1.84. The molecule has 0 saturated carbocycles. The van der Waals surface area contributed by atoms with Crippen LogP contribution in [0.1, 0.15) is 0 Å². The van der Waals surface area contributed by atoms with Gasteiger partial charge < -0.3 is 30.3 Å². The van der Waals surface area contributed by atoms with Crippen molar-refractivity contribution in [2.75, 3.05) is 19.8 Å². The van der Waals surface area contributed by atoms with Crippen LogP contribution in [0.2, 0.25) is 0 Å². The summed E-state index contributed by atoms with van der Waals surface area (Å²) in [5.41, 5.74) is -1.84. The summed E-state index contributed by atoms with van der Waals surface area (Å²) < 4.78 is 4.85. The first kappa shape index (κ1) is 10.8. The predicted molar refractivity (Wildman–Crippen MR) is 40.9 cm³/mol. The highest BCUT2D eigenvalue weighted by Crippen LogP contribution is 2.23. The number of ether oxygens (including phenoxy) is 1. The van der Waals surface area contributed by atoms with Crippen LogP contribution in [0.15, 0.2) is 0 Å². The molecule has 1 heterocycles. The van der Waals surface area contributed by atoms with Gasteiger partial charge in [0, 0.05) is 0 Å².